The molecule has 0 spiro atoms. The van der Waals surface area contributed by atoms with Gasteiger partial charge in [0.2, 0.25) is 5.91 Å². The Hall–Kier alpha value is -0.530. The Kier molecular flexibility index (Phi) is 2.56. The van der Waals surface area contributed by atoms with Crippen LogP contribution in [0.15, 0.2) is 0 Å². The lowest BCUT2D eigenvalue weighted by Crippen LogP contribution is -2.38. The molecule has 2 nitrogen and oxygen atoms in total. The number of hydrogen-bond donors (Lipinski definition) is 1. The van der Waals surface area contributed by atoms with E-state index >= 15 is 0 Å². The van der Waals surface area contributed by atoms with E-state index in [2.05, 4.69) is 12.2 Å². The monoisotopic (exact) mass is 181 g/mol. The van der Waals surface area contributed by atoms with E-state index in [0.717, 1.165) is 18.8 Å². The quantitative estimate of drug-likeness (QED) is 0.694. The summed E-state index contributed by atoms with van der Waals surface area (Å²) >= 11 is 0. The Balaban J connectivity index is 1.76. The zero-order valence-corrected chi connectivity index (χ0v) is 8.38. The Morgan fingerprint density at radius 1 is 1.23 bits per heavy atom. The first-order valence-electron chi connectivity index (χ1n) is 5.56. The summed E-state index contributed by atoms with van der Waals surface area (Å²) in [5.74, 6) is 1.49. The van der Waals surface area contributed by atoms with Crippen molar-refractivity contribution in [1.29, 1.82) is 0 Å². The minimum absolute atomic E-state index is 0.319. The smallest absolute Gasteiger partial charge is 0.223 e. The summed E-state index contributed by atoms with van der Waals surface area (Å²) in [6.45, 7) is 2.29. The first kappa shape index (κ1) is 9.04. The second kappa shape index (κ2) is 3.69. The third kappa shape index (κ3) is 2.45. The van der Waals surface area contributed by atoms with E-state index in [9.17, 15) is 4.79 Å². The maximum absolute atomic E-state index is 11.5. The molecule has 2 heteroatoms. The van der Waals surface area contributed by atoms with Crippen molar-refractivity contribution in [2.75, 3.05) is 0 Å². The fourth-order valence-electron chi connectivity index (χ4n) is 2.23. The van der Waals surface area contributed by atoms with E-state index in [1.165, 1.54) is 25.7 Å². The molecule has 0 aromatic carbocycles. The number of rotatable bonds is 2. The molecule has 0 aromatic rings. The van der Waals surface area contributed by atoms with E-state index in [1.54, 1.807) is 0 Å². The van der Waals surface area contributed by atoms with E-state index in [0.29, 0.717) is 17.9 Å². The molecular weight excluding hydrogens is 162 g/mol. The first-order chi connectivity index (χ1) is 6.25. The molecule has 0 heterocycles. The van der Waals surface area contributed by atoms with Crippen LogP contribution in [-0.2, 0) is 4.79 Å². The number of carbonyl (C=O) groups is 1. The lowest BCUT2D eigenvalue weighted by Gasteiger charge is -2.27. The second-order valence-corrected chi connectivity index (χ2v) is 4.75. The summed E-state index contributed by atoms with van der Waals surface area (Å²) in [5, 5.41) is 3.17. The van der Waals surface area contributed by atoms with Gasteiger partial charge >= 0.3 is 0 Å². The van der Waals surface area contributed by atoms with Crippen LogP contribution in [0.1, 0.15) is 45.4 Å². The minimum Gasteiger partial charge on any atom is -0.353 e. The number of carbonyl (C=O) groups excluding carboxylic acids is 1. The highest BCUT2D eigenvalue weighted by Crippen LogP contribution is 2.30. The summed E-state index contributed by atoms with van der Waals surface area (Å²) in [5.41, 5.74) is 0. The Morgan fingerprint density at radius 3 is 2.62 bits per heavy atom. The topological polar surface area (TPSA) is 29.1 Å². The number of nitrogens with one attached hydrogen (secondary N) is 1. The van der Waals surface area contributed by atoms with Crippen LogP contribution < -0.4 is 5.32 Å². The molecule has 2 aliphatic carbocycles. The predicted octanol–water partition coefficient (Wildman–Crippen LogP) is 2.09. The third-order valence-electron chi connectivity index (χ3n) is 3.23. The van der Waals surface area contributed by atoms with Crippen LogP contribution in [0, 0.1) is 11.8 Å². The molecule has 2 fully saturated rings. The fourth-order valence-corrected chi connectivity index (χ4v) is 2.23. The van der Waals surface area contributed by atoms with E-state index in [-0.39, 0.29) is 0 Å². The molecule has 0 saturated heterocycles. The minimum atomic E-state index is 0.319. The van der Waals surface area contributed by atoms with Crippen LogP contribution in [0.3, 0.4) is 0 Å². The zero-order valence-electron chi connectivity index (χ0n) is 8.38. The van der Waals surface area contributed by atoms with E-state index in [1.807, 2.05) is 0 Å². The van der Waals surface area contributed by atoms with Crippen molar-refractivity contribution < 1.29 is 4.79 Å². The molecule has 13 heavy (non-hydrogen) atoms. The van der Waals surface area contributed by atoms with Crippen molar-refractivity contribution in [2.45, 2.75) is 51.5 Å². The van der Waals surface area contributed by atoms with Crippen LogP contribution in [0.4, 0.5) is 0 Å². The van der Waals surface area contributed by atoms with Crippen LogP contribution >= 0.6 is 0 Å². The van der Waals surface area contributed by atoms with E-state index in [4.69, 9.17) is 0 Å². The average Bonchev–Trinajstić information content (AvgIpc) is 2.85. The highest BCUT2D eigenvalue weighted by atomic mass is 16.2. The SMILES string of the molecule is CC1CCCC(NC(=O)C2CC2)C1. The predicted molar refractivity (Wildman–Crippen MR) is 52.3 cm³/mol. The van der Waals surface area contributed by atoms with Gasteiger partial charge in [0, 0.05) is 12.0 Å². The Bertz CT molecular complexity index is 198. The first-order valence-corrected chi connectivity index (χ1v) is 5.56. The van der Waals surface area contributed by atoms with Crippen molar-refractivity contribution in [3.8, 4) is 0 Å². The fraction of sp³-hybridized carbons (Fsp3) is 0.909. The summed E-state index contributed by atoms with van der Waals surface area (Å²) in [4.78, 5) is 11.5. The molecule has 2 aliphatic rings. The molecule has 2 unspecified atom stereocenters. The maximum atomic E-state index is 11.5. The van der Waals surface area contributed by atoms with Crippen molar-refractivity contribution in [2.24, 2.45) is 11.8 Å². The van der Waals surface area contributed by atoms with Crippen molar-refractivity contribution >= 4 is 5.91 Å². The summed E-state index contributed by atoms with van der Waals surface area (Å²) in [6.07, 6.45) is 7.26. The molecule has 0 radical (unpaired) electrons. The molecule has 2 rings (SSSR count). The Morgan fingerprint density at radius 2 is 2.00 bits per heavy atom. The highest BCUT2D eigenvalue weighted by molar-refractivity contribution is 5.81. The molecule has 0 bridgehead atoms. The average molecular weight is 181 g/mol. The normalized spacial score (nSPS) is 34.2. The number of amides is 1. The van der Waals surface area contributed by atoms with Gasteiger partial charge < -0.3 is 5.32 Å². The van der Waals surface area contributed by atoms with Crippen molar-refractivity contribution in [3.05, 3.63) is 0 Å². The van der Waals surface area contributed by atoms with Crippen molar-refractivity contribution in [3.63, 3.8) is 0 Å². The lowest BCUT2D eigenvalue weighted by atomic mass is 9.87. The van der Waals surface area contributed by atoms with Gasteiger partial charge in [-0.1, -0.05) is 19.8 Å². The zero-order chi connectivity index (χ0) is 9.26. The molecule has 2 saturated carbocycles. The number of hydrogen-bond acceptors (Lipinski definition) is 1. The summed E-state index contributed by atoms with van der Waals surface area (Å²) < 4.78 is 0. The second-order valence-electron chi connectivity index (χ2n) is 4.75. The third-order valence-corrected chi connectivity index (χ3v) is 3.23. The molecule has 2 atom stereocenters. The highest BCUT2D eigenvalue weighted by Gasteiger charge is 2.31. The largest absolute Gasteiger partial charge is 0.353 e. The van der Waals surface area contributed by atoms with Crippen LogP contribution in [-0.4, -0.2) is 11.9 Å². The maximum Gasteiger partial charge on any atom is 0.223 e. The van der Waals surface area contributed by atoms with Gasteiger partial charge in [0.05, 0.1) is 0 Å². The molecule has 1 N–H and O–H groups in total. The molecule has 74 valence electrons. The van der Waals surface area contributed by atoms with Gasteiger partial charge in [-0.3, -0.25) is 4.79 Å². The van der Waals surface area contributed by atoms with Crippen LogP contribution in [0.25, 0.3) is 0 Å². The molecular formula is C11H19NO. The van der Waals surface area contributed by atoms with Gasteiger partial charge in [-0.25, -0.2) is 0 Å². The van der Waals surface area contributed by atoms with Crippen LogP contribution in [0.5, 0.6) is 0 Å². The van der Waals surface area contributed by atoms with Gasteiger partial charge in [-0.15, -0.1) is 0 Å². The summed E-state index contributed by atoms with van der Waals surface area (Å²) in [7, 11) is 0. The van der Waals surface area contributed by atoms with Gasteiger partial charge in [0.15, 0.2) is 0 Å². The molecule has 0 aromatic heterocycles. The molecule has 0 aliphatic heterocycles. The van der Waals surface area contributed by atoms with Gasteiger partial charge in [0.1, 0.15) is 0 Å². The van der Waals surface area contributed by atoms with Crippen LogP contribution in [0.2, 0.25) is 0 Å². The Labute approximate surface area is 80.1 Å². The van der Waals surface area contributed by atoms with Gasteiger partial charge in [-0.2, -0.15) is 0 Å². The van der Waals surface area contributed by atoms with E-state index < -0.39 is 0 Å². The van der Waals surface area contributed by atoms with Gasteiger partial charge in [0.25, 0.3) is 0 Å². The van der Waals surface area contributed by atoms with Gasteiger partial charge in [-0.05, 0) is 31.6 Å². The lowest BCUT2D eigenvalue weighted by molar-refractivity contribution is -0.123. The van der Waals surface area contributed by atoms with Crippen molar-refractivity contribution in [1.82, 2.24) is 5.32 Å². The molecule has 1 amide bonds. The summed E-state index contributed by atoms with van der Waals surface area (Å²) in [6, 6.07) is 0.483. The standard InChI is InChI=1S/C11H19NO/c1-8-3-2-4-10(7-8)12-11(13)9-5-6-9/h8-10H,2-7H2,1H3,(H,12,13).